The quantitative estimate of drug-likeness (QED) is 0.891. The molecule has 0 aliphatic carbocycles. The molecule has 0 aliphatic heterocycles. The molecule has 0 spiro atoms. The van der Waals surface area contributed by atoms with Gasteiger partial charge in [-0.25, -0.2) is 4.79 Å². The summed E-state index contributed by atoms with van der Waals surface area (Å²) in [6.45, 7) is 0.669. The van der Waals surface area contributed by atoms with Gasteiger partial charge in [-0.3, -0.25) is 0 Å². The van der Waals surface area contributed by atoms with Crippen LogP contribution < -0.4 is 5.73 Å². The minimum Gasteiger partial charge on any atom is -0.351 e. The highest BCUT2D eigenvalue weighted by Gasteiger charge is 2.03. The van der Waals surface area contributed by atoms with Crippen molar-refractivity contribution in [2.75, 3.05) is 13.6 Å². The van der Waals surface area contributed by atoms with Crippen LogP contribution in [0.1, 0.15) is 4.88 Å². The smallest absolute Gasteiger partial charge is 0.314 e. The van der Waals surface area contributed by atoms with Crippen molar-refractivity contribution in [3.63, 3.8) is 0 Å². The summed E-state index contributed by atoms with van der Waals surface area (Å²) in [4.78, 5) is 13.4. The highest BCUT2D eigenvalue weighted by molar-refractivity contribution is 9.11. The molecule has 5 heteroatoms. The van der Waals surface area contributed by atoms with Crippen molar-refractivity contribution in [2.24, 2.45) is 5.73 Å². The van der Waals surface area contributed by atoms with Crippen LogP contribution in [0, 0.1) is 0 Å². The second kappa shape index (κ2) is 4.62. The summed E-state index contributed by atoms with van der Waals surface area (Å²) >= 11 is 5.06. The molecule has 1 heterocycles. The molecule has 0 atom stereocenters. The molecule has 0 radical (unpaired) electrons. The summed E-state index contributed by atoms with van der Waals surface area (Å²) in [5.74, 6) is 0. The fourth-order valence-electron chi connectivity index (χ4n) is 0.874. The Labute approximate surface area is 89.7 Å². The predicted octanol–water partition coefficient (Wildman–Crippen LogP) is 2.06. The lowest BCUT2D eigenvalue weighted by atomic mass is 10.3. The number of amides is 2. The number of halogens is 1. The van der Waals surface area contributed by atoms with E-state index in [9.17, 15) is 4.79 Å². The summed E-state index contributed by atoms with van der Waals surface area (Å²) in [5, 5.41) is 0. The molecule has 0 unspecified atom stereocenters. The Morgan fingerprint density at radius 2 is 2.38 bits per heavy atom. The second-order valence-corrected chi connectivity index (χ2v) is 5.26. The minimum atomic E-state index is -0.379. The number of urea groups is 1. The summed E-state index contributed by atoms with van der Waals surface area (Å²) in [6, 6.07) is 3.67. The van der Waals surface area contributed by atoms with Gasteiger partial charge >= 0.3 is 6.03 Å². The van der Waals surface area contributed by atoms with E-state index < -0.39 is 0 Å². The van der Waals surface area contributed by atoms with E-state index in [1.807, 2.05) is 12.1 Å². The van der Waals surface area contributed by atoms with E-state index in [4.69, 9.17) is 5.73 Å². The van der Waals surface area contributed by atoms with Gasteiger partial charge in [-0.15, -0.1) is 11.3 Å². The Morgan fingerprint density at radius 1 is 1.69 bits per heavy atom. The van der Waals surface area contributed by atoms with E-state index in [1.165, 1.54) is 9.78 Å². The Hall–Kier alpha value is -0.550. The van der Waals surface area contributed by atoms with Gasteiger partial charge in [-0.2, -0.15) is 0 Å². The third-order valence-electron chi connectivity index (χ3n) is 1.70. The van der Waals surface area contributed by atoms with Crippen molar-refractivity contribution in [1.29, 1.82) is 0 Å². The van der Waals surface area contributed by atoms with Gasteiger partial charge < -0.3 is 10.6 Å². The molecule has 2 amide bonds. The van der Waals surface area contributed by atoms with Gasteiger partial charge in [-0.05, 0) is 34.5 Å². The monoisotopic (exact) mass is 262 g/mol. The lowest BCUT2D eigenvalue weighted by molar-refractivity contribution is 0.219. The molecule has 13 heavy (non-hydrogen) atoms. The van der Waals surface area contributed by atoms with Gasteiger partial charge in [0.1, 0.15) is 0 Å². The summed E-state index contributed by atoms with van der Waals surface area (Å²) in [6.07, 6.45) is 0.857. The number of carbonyl (C=O) groups is 1. The van der Waals surface area contributed by atoms with Crippen molar-refractivity contribution in [1.82, 2.24) is 4.90 Å². The Balaban J connectivity index is 2.39. The summed E-state index contributed by atoms with van der Waals surface area (Å²) in [5.41, 5.74) is 5.09. The molecule has 0 aliphatic rings. The lowest BCUT2D eigenvalue weighted by Gasteiger charge is -2.12. The van der Waals surface area contributed by atoms with Gasteiger partial charge in [0.2, 0.25) is 0 Å². The number of rotatable bonds is 3. The normalized spacial score (nSPS) is 10.0. The van der Waals surface area contributed by atoms with Crippen LogP contribution in [0.4, 0.5) is 4.79 Å². The van der Waals surface area contributed by atoms with Crippen LogP contribution in [0.3, 0.4) is 0 Å². The second-order valence-electron chi connectivity index (χ2n) is 2.72. The first-order chi connectivity index (χ1) is 6.09. The number of hydrogen-bond acceptors (Lipinski definition) is 2. The Morgan fingerprint density at radius 3 is 2.85 bits per heavy atom. The number of thiophene rings is 1. The average Bonchev–Trinajstić information content (AvgIpc) is 2.47. The molecule has 0 saturated heterocycles. The van der Waals surface area contributed by atoms with Crippen LogP contribution in [-0.4, -0.2) is 24.5 Å². The van der Waals surface area contributed by atoms with Gasteiger partial charge in [0.15, 0.2) is 0 Å². The summed E-state index contributed by atoms with van der Waals surface area (Å²) in [7, 11) is 1.70. The maximum atomic E-state index is 10.7. The van der Waals surface area contributed by atoms with Crippen LogP contribution in [0.15, 0.2) is 15.9 Å². The van der Waals surface area contributed by atoms with Crippen molar-refractivity contribution >= 4 is 33.3 Å². The van der Waals surface area contributed by atoms with Crippen LogP contribution in [-0.2, 0) is 6.42 Å². The molecule has 72 valence electrons. The van der Waals surface area contributed by atoms with Crippen molar-refractivity contribution in [2.45, 2.75) is 6.42 Å². The van der Waals surface area contributed by atoms with E-state index in [0.29, 0.717) is 6.54 Å². The maximum Gasteiger partial charge on any atom is 0.314 e. The number of likely N-dealkylation sites (N-methyl/N-ethyl adjacent to an activating group) is 1. The predicted molar refractivity (Wildman–Crippen MR) is 57.9 cm³/mol. The van der Waals surface area contributed by atoms with Crippen LogP contribution >= 0.6 is 27.3 Å². The first-order valence-corrected chi connectivity index (χ1v) is 5.45. The molecule has 2 N–H and O–H groups in total. The third kappa shape index (κ3) is 3.36. The first kappa shape index (κ1) is 10.5. The molecular weight excluding hydrogens is 252 g/mol. The largest absolute Gasteiger partial charge is 0.351 e. The first-order valence-electron chi connectivity index (χ1n) is 3.84. The van der Waals surface area contributed by atoms with Gasteiger partial charge in [0.25, 0.3) is 0 Å². The molecular formula is C8H11BrN2OS. The number of nitrogens with two attached hydrogens (primary N) is 1. The van der Waals surface area contributed by atoms with E-state index in [0.717, 1.165) is 10.2 Å². The standard InChI is InChI=1S/C8H11BrN2OS/c1-11(8(10)12)5-4-6-2-3-7(9)13-6/h2-3H,4-5H2,1H3,(H2,10,12). The molecule has 3 nitrogen and oxygen atoms in total. The van der Waals surface area contributed by atoms with Crippen LogP contribution in [0.5, 0.6) is 0 Å². The average molecular weight is 263 g/mol. The third-order valence-corrected chi connectivity index (χ3v) is 3.38. The number of carbonyl (C=O) groups excluding carboxylic acids is 1. The fourth-order valence-corrected chi connectivity index (χ4v) is 2.35. The molecule has 0 aromatic carbocycles. The van der Waals surface area contributed by atoms with E-state index in [1.54, 1.807) is 18.4 Å². The highest BCUT2D eigenvalue weighted by Crippen LogP contribution is 2.22. The van der Waals surface area contributed by atoms with Crippen molar-refractivity contribution < 1.29 is 4.79 Å². The molecule has 1 aromatic rings. The molecule has 1 aromatic heterocycles. The zero-order valence-corrected chi connectivity index (χ0v) is 9.69. The fraction of sp³-hybridized carbons (Fsp3) is 0.375. The molecule has 0 bridgehead atoms. The SMILES string of the molecule is CN(CCc1ccc(Br)s1)C(N)=O. The Bertz CT molecular complexity index is 300. The Kier molecular flexibility index (Phi) is 3.74. The zero-order valence-electron chi connectivity index (χ0n) is 7.29. The molecule has 1 rings (SSSR count). The number of nitrogens with zero attached hydrogens (tertiary/aromatic N) is 1. The van der Waals surface area contributed by atoms with Crippen LogP contribution in [0.25, 0.3) is 0 Å². The van der Waals surface area contributed by atoms with E-state index >= 15 is 0 Å². The lowest BCUT2D eigenvalue weighted by Crippen LogP contribution is -2.33. The zero-order chi connectivity index (χ0) is 9.84. The molecule has 0 saturated carbocycles. The topological polar surface area (TPSA) is 46.3 Å². The van der Waals surface area contributed by atoms with Gasteiger partial charge in [0, 0.05) is 18.5 Å². The molecule has 0 fully saturated rings. The number of hydrogen-bond donors (Lipinski definition) is 1. The van der Waals surface area contributed by atoms with E-state index in [2.05, 4.69) is 15.9 Å². The van der Waals surface area contributed by atoms with Crippen molar-refractivity contribution in [3.8, 4) is 0 Å². The number of primary amides is 1. The van der Waals surface area contributed by atoms with E-state index in [-0.39, 0.29) is 6.03 Å². The van der Waals surface area contributed by atoms with Crippen molar-refractivity contribution in [3.05, 3.63) is 20.8 Å². The van der Waals surface area contributed by atoms with Crippen LogP contribution in [0.2, 0.25) is 0 Å². The van der Waals surface area contributed by atoms with Gasteiger partial charge in [-0.1, -0.05) is 0 Å². The van der Waals surface area contributed by atoms with Gasteiger partial charge in [0.05, 0.1) is 3.79 Å². The minimum absolute atomic E-state index is 0.379. The highest BCUT2D eigenvalue weighted by atomic mass is 79.9. The summed E-state index contributed by atoms with van der Waals surface area (Å²) < 4.78 is 1.12. The maximum absolute atomic E-state index is 10.7.